The summed E-state index contributed by atoms with van der Waals surface area (Å²) in [5.74, 6) is 0. The number of nitrogens with one attached hydrogen (secondary N) is 1. The van der Waals surface area contributed by atoms with Gasteiger partial charge in [-0.1, -0.05) is 18.2 Å². The number of aryl methyl sites for hydroxylation is 1. The largest absolute Gasteiger partial charge is 0.333 e. The number of aromatic nitrogens is 2. The predicted molar refractivity (Wildman–Crippen MR) is 80.4 cm³/mol. The number of nitrogens with zero attached hydrogens (tertiary/aromatic N) is 2. The van der Waals surface area contributed by atoms with Gasteiger partial charge in [0, 0.05) is 18.4 Å². The van der Waals surface area contributed by atoms with Crippen LogP contribution in [0.15, 0.2) is 47.9 Å². The van der Waals surface area contributed by atoms with Crippen LogP contribution in [0.3, 0.4) is 0 Å². The van der Waals surface area contributed by atoms with Crippen LogP contribution in [0.5, 0.6) is 0 Å². The Hall–Kier alpha value is -1.66. The highest BCUT2D eigenvalue weighted by Gasteiger charge is 2.32. The van der Waals surface area contributed by atoms with E-state index in [9.17, 15) is 8.42 Å². The number of rotatable bonds is 4. The van der Waals surface area contributed by atoms with Crippen molar-refractivity contribution in [3.8, 4) is 0 Å². The van der Waals surface area contributed by atoms with E-state index < -0.39 is 10.0 Å². The van der Waals surface area contributed by atoms with E-state index in [2.05, 4.69) is 9.71 Å². The molecule has 1 aromatic heterocycles. The standard InChI is InChI=1S/C15H19N3O2S/c1-12-5-2-3-8-15(12)21(19,20)17-13-6-4-7-14(13)18-10-9-16-11-18/h2-3,5,8-11,13-14,17H,4,6-7H2,1H3. The first-order valence-electron chi connectivity index (χ1n) is 7.13. The first-order valence-corrected chi connectivity index (χ1v) is 8.61. The zero-order valence-corrected chi connectivity index (χ0v) is 12.8. The van der Waals surface area contributed by atoms with Crippen molar-refractivity contribution in [3.63, 3.8) is 0 Å². The fourth-order valence-electron chi connectivity index (χ4n) is 3.02. The van der Waals surface area contributed by atoms with Crippen LogP contribution in [0.4, 0.5) is 0 Å². The topological polar surface area (TPSA) is 64.0 Å². The Kier molecular flexibility index (Phi) is 3.82. The normalized spacial score (nSPS) is 22.5. The summed E-state index contributed by atoms with van der Waals surface area (Å²) in [6.45, 7) is 1.82. The number of sulfonamides is 1. The Labute approximate surface area is 125 Å². The molecule has 0 spiro atoms. The van der Waals surface area contributed by atoms with Crippen molar-refractivity contribution >= 4 is 10.0 Å². The summed E-state index contributed by atoms with van der Waals surface area (Å²) in [4.78, 5) is 4.42. The molecule has 1 heterocycles. The van der Waals surface area contributed by atoms with Crippen molar-refractivity contribution in [2.45, 2.75) is 43.2 Å². The Morgan fingerprint density at radius 2 is 2.10 bits per heavy atom. The van der Waals surface area contributed by atoms with Gasteiger partial charge in [0.2, 0.25) is 10.0 Å². The molecule has 0 aliphatic heterocycles. The van der Waals surface area contributed by atoms with Gasteiger partial charge in [0.05, 0.1) is 17.3 Å². The number of benzene rings is 1. The minimum absolute atomic E-state index is 0.0798. The van der Waals surface area contributed by atoms with Crippen molar-refractivity contribution < 1.29 is 8.42 Å². The highest BCUT2D eigenvalue weighted by atomic mass is 32.2. The SMILES string of the molecule is Cc1ccccc1S(=O)(=O)NC1CCCC1n1ccnc1. The fraction of sp³-hybridized carbons (Fsp3) is 0.400. The average Bonchev–Trinajstić information content (AvgIpc) is 3.09. The van der Waals surface area contributed by atoms with Gasteiger partial charge in [-0.2, -0.15) is 0 Å². The zero-order valence-electron chi connectivity index (χ0n) is 11.9. The molecule has 2 unspecified atom stereocenters. The molecular formula is C15H19N3O2S. The number of imidazole rings is 1. The lowest BCUT2D eigenvalue weighted by atomic mass is 10.2. The number of hydrogen-bond acceptors (Lipinski definition) is 3. The van der Waals surface area contributed by atoms with Crippen molar-refractivity contribution in [1.29, 1.82) is 0 Å². The van der Waals surface area contributed by atoms with Crippen molar-refractivity contribution in [2.75, 3.05) is 0 Å². The van der Waals surface area contributed by atoms with Crippen molar-refractivity contribution in [2.24, 2.45) is 0 Å². The van der Waals surface area contributed by atoms with Gasteiger partial charge in [-0.05, 0) is 37.8 Å². The summed E-state index contributed by atoms with van der Waals surface area (Å²) < 4.78 is 30.0. The second-order valence-corrected chi connectivity index (χ2v) is 7.18. The van der Waals surface area contributed by atoms with E-state index >= 15 is 0 Å². The molecule has 1 aliphatic carbocycles. The van der Waals surface area contributed by atoms with E-state index in [1.54, 1.807) is 24.7 Å². The molecule has 1 saturated carbocycles. The molecule has 1 aliphatic rings. The zero-order chi connectivity index (χ0) is 14.9. The van der Waals surface area contributed by atoms with Crippen LogP contribution >= 0.6 is 0 Å². The molecular weight excluding hydrogens is 286 g/mol. The first-order chi connectivity index (χ1) is 10.1. The fourth-order valence-corrected chi connectivity index (χ4v) is 4.57. The van der Waals surface area contributed by atoms with Crippen LogP contribution in [-0.2, 0) is 10.0 Å². The smallest absolute Gasteiger partial charge is 0.241 e. The third-order valence-corrected chi connectivity index (χ3v) is 5.73. The van der Waals surface area contributed by atoms with Gasteiger partial charge in [-0.3, -0.25) is 0 Å². The lowest BCUT2D eigenvalue weighted by Gasteiger charge is -2.22. The van der Waals surface area contributed by atoms with Crippen LogP contribution in [0.25, 0.3) is 0 Å². The molecule has 1 N–H and O–H groups in total. The molecule has 0 radical (unpaired) electrons. The van der Waals surface area contributed by atoms with E-state index in [4.69, 9.17) is 0 Å². The van der Waals surface area contributed by atoms with E-state index in [-0.39, 0.29) is 12.1 Å². The summed E-state index contributed by atoms with van der Waals surface area (Å²) in [7, 11) is -3.48. The second kappa shape index (κ2) is 5.61. The maximum Gasteiger partial charge on any atom is 0.241 e. The molecule has 112 valence electrons. The highest BCUT2D eigenvalue weighted by Crippen LogP contribution is 2.31. The summed E-state index contributed by atoms with van der Waals surface area (Å²) in [5, 5.41) is 0. The number of hydrogen-bond donors (Lipinski definition) is 1. The van der Waals surface area contributed by atoms with Crippen molar-refractivity contribution in [3.05, 3.63) is 48.5 Å². The summed E-state index contributed by atoms with van der Waals surface area (Å²) in [6.07, 6.45) is 8.22. The molecule has 21 heavy (non-hydrogen) atoms. The molecule has 2 aromatic rings. The minimum atomic E-state index is -3.48. The molecule has 0 amide bonds. The van der Waals surface area contributed by atoms with Gasteiger partial charge >= 0.3 is 0 Å². The van der Waals surface area contributed by atoms with E-state index in [1.807, 2.05) is 29.8 Å². The van der Waals surface area contributed by atoms with Crippen LogP contribution in [0.1, 0.15) is 30.9 Å². The maximum atomic E-state index is 12.6. The Morgan fingerprint density at radius 1 is 1.29 bits per heavy atom. The van der Waals surface area contributed by atoms with Gasteiger partial charge in [0.15, 0.2) is 0 Å². The molecule has 2 atom stereocenters. The summed E-state index contributed by atoms with van der Waals surface area (Å²) >= 11 is 0. The lowest BCUT2D eigenvalue weighted by Crippen LogP contribution is -2.38. The quantitative estimate of drug-likeness (QED) is 0.942. The summed E-state index contributed by atoms with van der Waals surface area (Å²) in [6, 6.07) is 7.13. The molecule has 6 heteroatoms. The Morgan fingerprint density at radius 3 is 2.81 bits per heavy atom. The van der Waals surface area contributed by atoms with Crippen molar-refractivity contribution in [1.82, 2.24) is 14.3 Å². The monoisotopic (exact) mass is 305 g/mol. The van der Waals surface area contributed by atoms with E-state index in [0.29, 0.717) is 4.90 Å². The molecule has 0 saturated heterocycles. The van der Waals surface area contributed by atoms with Gasteiger partial charge in [-0.15, -0.1) is 0 Å². The van der Waals surface area contributed by atoms with Gasteiger partial charge in [0.1, 0.15) is 0 Å². The second-order valence-electron chi connectivity index (χ2n) is 5.50. The average molecular weight is 305 g/mol. The van der Waals surface area contributed by atoms with Gasteiger partial charge in [0.25, 0.3) is 0 Å². The first kappa shape index (κ1) is 14.3. The third kappa shape index (κ3) is 2.87. The minimum Gasteiger partial charge on any atom is -0.333 e. The third-order valence-electron chi connectivity index (χ3n) is 4.08. The maximum absolute atomic E-state index is 12.6. The molecule has 0 bridgehead atoms. The molecule has 3 rings (SSSR count). The van der Waals surface area contributed by atoms with Gasteiger partial charge in [-0.25, -0.2) is 18.1 Å². The Bertz CT molecular complexity index is 710. The van der Waals surface area contributed by atoms with E-state index in [0.717, 1.165) is 24.8 Å². The molecule has 5 nitrogen and oxygen atoms in total. The highest BCUT2D eigenvalue weighted by molar-refractivity contribution is 7.89. The molecule has 1 aromatic carbocycles. The predicted octanol–water partition coefficient (Wildman–Crippen LogP) is 2.26. The summed E-state index contributed by atoms with van der Waals surface area (Å²) in [5.41, 5.74) is 0.766. The van der Waals surface area contributed by atoms with Crippen LogP contribution < -0.4 is 4.72 Å². The van der Waals surface area contributed by atoms with Crippen LogP contribution in [0, 0.1) is 6.92 Å². The van der Waals surface area contributed by atoms with Gasteiger partial charge < -0.3 is 4.57 Å². The molecule has 1 fully saturated rings. The van der Waals surface area contributed by atoms with Crippen LogP contribution in [-0.4, -0.2) is 24.0 Å². The Balaban J connectivity index is 1.84. The lowest BCUT2D eigenvalue weighted by molar-refractivity contribution is 0.431. The van der Waals surface area contributed by atoms with Crippen LogP contribution in [0.2, 0.25) is 0 Å². The van der Waals surface area contributed by atoms with E-state index in [1.165, 1.54) is 0 Å².